The first-order chi connectivity index (χ1) is 11.0. The number of aryl methyl sites for hydroxylation is 2. The molecule has 0 aliphatic heterocycles. The maximum Gasteiger partial charge on any atom is 0.286 e. The lowest BCUT2D eigenvalue weighted by Gasteiger charge is -2.17. The summed E-state index contributed by atoms with van der Waals surface area (Å²) in [6.07, 6.45) is 1.66. The molecule has 5 heteroatoms. The van der Waals surface area contributed by atoms with Gasteiger partial charge in [-0.05, 0) is 44.0 Å². The van der Waals surface area contributed by atoms with E-state index in [0.29, 0.717) is 0 Å². The van der Waals surface area contributed by atoms with Crippen LogP contribution in [0.4, 0.5) is 0 Å². The average Bonchev–Trinajstić information content (AvgIpc) is 3.03. The van der Waals surface area contributed by atoms with E-state index in [9.17, 15) is 9.59 Å². The number of nitrogens with one attached hydrogen (secondary N) is 2. The van der Waals surface area contributed by atoms with Crippen LogP contribution in [0, 0.1) is 13.8 Å². The lowest BCUT2D eigenvalue weighted by Crippen LogP contribution is -2.32. The minimum absolute atomic E-state index is 0.0665. The molecule has 2 aromatic rings. The number of carbonyl (C=O) groups is 2. The van der Waals surface area contributed by atoms with Crippen molar-refractivity contribution in [3.8, 4) is 0 Å². The van der Waals surface area contributed by atoms with E-state index in [1.54, 1.807) is 12.1 Å². The third kappa shape index (κ3) is 4.71. The van der Waals surface area contributed by atoms with Crippen LogP contribution in [0.5, 0.6) is 0 Å². The van der Waals surface area contributed by atoms with Crippen molar-refractivity contribution in [2.75, 3.05) is 6.54 Å². The molecule has 0 bridgehead atoms. The van der Waals surface area contributed by atoms with Gasteiger partial charge in [0.25, 0.3) is 5.91 Å². The van der Waals surface area contributed by atoms with Gasteiger partial charge in [-0.3, -0.25) is 9.59 Å². The standard InChI is InChI=1S/C18H22N2O3/c1-12-6-7-13(2)15(11-12)14(3)20-17(21)8-9-19-18(22)16-5-4-10-23-16/h4-7,10-11,14H,8-9H2,1-3H3,(H,19,22)(H,20,21)/t14-/m0/s1. The highest BCUT2D eigenvalue weighted by Gasteiger charge is 2.13. The Morgan fingerprint density at radius 1 is 1.22 bits per heavy atom. The molecular weight excluding hydrogens is 292 g/mol. The van der Waals surface area contributed by atoms with Gasteiger partial charge in [-0.2, -0.15) is 0 Å². The second-order valence-electron chi connectivity index (χ2n) is 5.63. The molecule has 0 fully saturated rings. The van der Waals surface area contributed by atoms with E-state index in [1.807, 2.05) is 20.8 Å². The number of amides is 2. The van der Waals surface area contributed by atoms with Crippen LogP contribution in [0.3, 0.4) is 0 Å². The van der Waals surface area contributed by atoms with E-state index in [-0.39, 0.29) is 36.6 Å². The largest absolute Gasteiger partial charge is 0.459 e. The third-order valence-electron chi connectivity index (χ3n) is 3.66. The lowest BCUT2D eigenvalue weighted by molar-refractivity contribution is -0.121. The van der Waals surface area contributed by atoms with Crippen molar-refractivity contribution in [1.82, 2.24) is 10.6 Å². The Labute approximate surface area is 136 Å². The normalized spacial score (nSPS) is 11.8. The second-order valence-corrected chi connectivity index (χ2v) is 5.63. The van der Waals surface area contributed by atoms with Crippen molar-refractivity contribution in [3.63, 3.8) is 0 Å². The number of rotatable bonds is 6. The van der Waals surface area contributed by atoms with Crippen molar-refractivity contribution in [2.45, 2.75) is 33.2 Å². The van der Waals surface area contributed by atoms with Gasteiger partial charge in [-0.15, -0.1) is 0 Å². The Morgan fingerprint density at radius 2 is 2.00 bits per heavy atom. The molecule has 2 N–H and O–H groups in total. The summed E-state index contributed by atoms with van der Waals surface area (Å²) >= 11 is 0. The highest BCUT2D eigenvalue weighted by atomic mass is 16.3. The molecule has 0 aliphatic rings. The SMILES string of the molecule is Cc1ccc(C)c([C@H](C)NC(=O)CCNC(=O)c2ccco2)c1. The van der Waals surface area contributed by atoms with Crippen molar-refractivity contribution in [1.29, 1.82) is 0 Å². The van der Waals surface area contributed by atoms with Crippen LogP contribution in [0.2, 0.25) is 0 Å². The van der Waals surface area contributed by atoms with E-state index >= 15 is 0 Å². The Kier molecular flexibility index (Phi) is 5.57. The molecule has 1 atom stereocenters. The summed E-state index contributed by atoms with van der Waals surface area (Å²) in [5.41, 5.74) is 3.42. The van der Waals surface area contributed by atoms with Gasteiger partial charge in [0.2, 0.25) is 5.91 Å². The molecule has 0 saturated carbocycles. The molecule has 0 aliphatic carbocycles. The highest BCUT2D eigenvalue weighted by molar-refractivity contribution is 5.91. The summed E-state index contributed by atoms with van der Waals surface area (Å²) in [5, 5.41) is 5.62. The minimum Gasteiger partial charge on any atom is -0.459 e. The highest BCUT2D eigenvalue weighted by Crippen LogP contribution is 2.18. The Hall–Kier alpha value is -2.56. The van der Waals surface area contributed by atoms with Gasteiger partial charge in [0, 0.05) is 13.0 Å². The summed E-state index contributed by atoms with van der Waals surface area (Å²) in [7, 11) is 0. The minimum atomic E-state index is -0.314. The number of carbonyl (C=O) groups excluding carboxylic acids is 2. The van der Waals surface area contributed by atoms with E-state index in [2.05, 4.69) is 28.8 Å². The van der Waals surface area contributed by atoms with Crippen LogP contribution in [0.1, 0.15) is 46.6 Å². The van der Waals surface area contributed by atoms with E-state index < -0.39 is 0 Å². The van der Waals surface area contributed by atoms with Crippen LogP contribution in [0.25, 0.3) is 0 Å². The number of hydrogen-bond donors (Lipinski definition) is 2. The Bertz CT molecular complexity index is 678. The summed E-state index contributed by atoms with van der Waals surface area (Å²) in [5.74, 6) is -0.169. The predicted molar refractivity (Wildman–Crippen MR) is 88.1 cm³/mol. The molecule has 122 valence electrons. The molecule has 0 spiro atoms. The molecule has 1 aromatic heterocycles. The summed E-state index contributed by atoms with van der Waals surface area (Å²) < 4.78 is 4.99. The quantitative estimate of drug-likeness (QED) is 0.861. The third-order valence-corrected chi connectivity index (χ3v) is 3.66. The number of hydrogen-bond acceptors (Lipinski definition) is 3. The maximum atomic E-state index is 12.0. The molecule has 0 radical (unpaired) electrons. The number of furan rings is 1. The molecule has 2 amide bonds. The van der Waals surface area contributed by atoms with Crippen molar-refractivity contribution < 1.29 is 14.0 Å². The van der Waals surface area contributed by atoms with Crippen LogP contribution >= 0.6 is 0 Å². The van der Waals surface area contributed by atoms with E-state index in [1.165, 1.54) is 6.26 Å². The van der Waals surface area contributed by atoms with Crippen molar-refractivity contribution in [3.05, 3.63) is 59.0 Å². The zero-order chi connectivity index (χ0) is 16.8. The fourth-order valence-electron chi connectivity index (χ4n) is 2.40. The summed E-state index contributed by atoms with van der Waals surface area (Å²) in [4.78, 5) is 23.7. The molecule has 0 unspecified atom stereocenters. The van der Waals surface area contributed by atoms with Gasteiger partial charge in [0.15, 0.2) is 5.76 Å². The van der Waals surface area contributed by atoms with E-state index in [0.717, 1.165) is 16.7 Å². The topological polar surface area (TPSA) is 71.3 Å². The lowest BCUT2D eigenvalue weighted by atomic mass is 10.00. The fraction of sp³-hybridized carbons (Fsp3) is 0.333. The van der Waals surface area contributed by atoms with Crippen molar-refractivity contribution in [2.24, 2.45) is 0 Å². The van der Waals surface area contributed by atoms with Crippen LogP contribution in [0.15, 0.2) is 41.0 Å². The fourth-order valence-corrected chi connectivity index (χ4v) is 2.40. The van der Waals surface area contributed by atoms with Crippen LogP contribution in [-0.4, -0.2) is 18.4 Å². The predicted octanol–water partition coefficient (Wildman–Crippen LogP) is 2.89. The molecule has 23 heavy (non-hydrogen) atoms. The maximum absolute atomic E-state index is 12.0. The zero-order valence-corrected chi connectivity index (χ0v) is 13.7. The van der Waals surface area contributed by atoms with Gasteiger partial charge < -0.3 is 15.1 Å². The van der Waals surface area contributed by atoms with Crippen molar-refractivity contribution >= 4 is 11.8 Å². The molecule has 0 saturated heterocycles. The first kappa shape index (κ1) is 16.8. The van der Waals surface area contributed by atoms with Gasteiger partial charge in [-0.25, -0.2) is 0 Å². The monoisotopic (exact) mass is 314 g/mol. The first-order valence-corrected chi connectivity index (χ1v) is 7.65. The number of benzene rings is 1. The zero-order valence-electron chi connectivity index (χ0n) is 13.7. The smallest absolute Gasteiger partial charge is 0.286 e. The first-order valence-electron chi connectivity index (χ1n) is 7.65. The molecular formula is C18H22N2O3. The summed E-state index contributed by atoms with van der Waals surface area (Å²) in [6.45, 7) is 6.29. The van der Waals surface area contributed by atoms with Crippen LogP contribution < -0.4 is 10.6 Å². The molecule has 2 rings (SSSR count). The van der Waals surface area contributed by atoms with Crippen LogP contribution in [-0.2, 0) is 4.79 Å². The van der Waals surface area contributed by atoms with Gasteiger partial charge in [0.1, 0.15) is 0 Å². The molecule has 1 aromatic carbocycles. The van der Waals surface area contributed by atoms with Gasteiger partial charge >= 0.3 is 0 Å². The Balaban J connectivity index is 1.80. The van der Waals surface area contributed by atoms with Gasteiger partial charge in [0.05, 0.1) is 12.3 Å². The molecule has 1 heterocycles. The Morgan fingerprint density at radius 3 is 2.70 bits per heavy atom. The second kappa shape index (κ2) is 7.63. The summed E-state index contributed by atoms with van der Waals surface area (Å²) in [6, 6.07) is 9.35. The van der Waals surface area contributed by atoms with Gasteiger partial charge in [-0.1, -0.05) is 23.8 Å². The van der Waals surface area contributed by atoms with E-state index in [4.69, 9.17) is 4.42 Å². The average molecular weight is 314 g/mol. The molecule has 5 nitrogen and oxygen atoms in total.